The largest absolute Gasteiger partial charge is 0.491 e. The van der Waals surface area contributed by atoms with Gasteiger partial charge in [0.15, 0.2) is 0 Å². The molecule has 5 nitrogen and oxygen atoms in total. The molecule has 0 bridgehead atoms. The molecule has 0 aliphatic heterocycles. The van der Waals surface area contributed by atoms with Gasteiger partial charge in [-0.15, -0.1) is 0 Å². The topological polar surface area (TPSA) is 49.7 Å². The first-order valence-electron chi connectivity index (χ1n) is 14.4. The smallest absolute Gasteiger partial charge is 0.306 e. The standard InChI is InChI=1S/C36H37NO4/c1-2-40-36(38)22-15-29-14-21-35-34(25-29)31(16-13-28-9-5-3-6-10-28)26-37(35)32-17-19-33(20-18-32)41-24-23-39-27-30-11-7-4-8-12-30/h3-12,14,17-21,25-26H,2,13,15-16,22-24,27H2,1H3. The van der Waals surface area contributed by atoms with Gasteiger partial charge in [-0.05, 0) is 84.8 Å². The fraction of sp³-hybridized carbons (Fsp3) is 0.250. The van der Waals surface area contributed by atoms with Crippen molar-refractivity contribution >= 4 is 16.9 Å². The average Bonchev–Trinajstić information content (AvgIpc) is 3.38. The van der Waals surface area contributed by atoms with Crippen LogP contribution in [0.4, 0.5) is 0 Å². The predicted molar refractivity (Wildman–Crippen MR) is 164 cm³/mol. The van der Waals surface area contributed by atoms with Crippen LogP contribution >= 0.6 is 0 Å². The number of hydrogen-bond donors (Lipinski definition) is 0. The minimum Gasteiger partial charge on any atom is -0.491 e. The van der Waals surface area contributed by atoms with Crippen LogP contribution in [0.25, 0.3) is 16.6 Å². The van der Waals surface area contributed by atoms with Crippen LogP contribution in [-0.4, -0.2) is 30.4 Å². The fourth-order valence-corrected chi connectivity index (χ4v) is 5.00. The molecule has 0 unspecified atom stereocenters. The van der Waals surface area contributed by atoms with Gasteiger partial charge in [-0.2, -0.15) is 0 Å². The van der Waals surface area contributed by atoms with E-state index in [4.69, 9.17) is 14.2 Å². The lowest BCUT2D eigenvalue weighted by Crippen LogP contribution is -2.06. The summed E-state index contributed by atoms with van der Waals surface area (Å²) in [5, 5.41) is 1.22. The Kier molecular flexibility index (Phi) is 9.85. The van der Waals surface area contributed by atoms with E-state index < -0.39 is 0 Å². The van der Waals surface area contributed by atoms with Gasteiger partial charge < -0.3 is 18.8 Å². The lowest BCUT2D eigenvalue weighted by Gasteiger charge is -2.10. The number of aromatic nitrogens is 1. The molecule has 5 aromatic rings. The zero-order valence-corrected chi connectivity index (χ0v) is 23.6. The highest BCUT2D eigenvalue weighted by molar-refractivity contribution is 5.86. The molecule has 0 amide bonds. The Balaban J connectivity index is 1.28. The number of carbonyl (C=O) groups is 1. The maximum absolute atomic E-state index is 11.9. The van der Waals surface area contributed by atoms with Gasteiger partial charge >= 0.3 is 5.97 Å². The van der Waals surface area contributed by atoms with Crippen LogP contribution in [-0.2, 0) is 40.1 Å². The Morgan fingerprint density at radius 2 is 1.46 bits per heavy atom. The second-order valence-corrected chi connectivity index (χ2v) is 10.0. The van der Waals surface area contributed by atoms with E-state index in [0.29, 0.717) is 39.3 Å². The summed E-state index contributed by atoms with van der Waals surface area (Å²) in [6.45, 7) is 3.86. The third kappa shape index (κ3) is 7.86. The van der Waals surface area contributed by atoms with Crippen LogP contribution in [0.1, 0.15) is 35.6 Å². The first-order valence-corrected chi connectivity index (χ1v) is 14.4. The molecule has 0 aliphatic rings. The van der Waals surface area contributed by atoms with Crippen molar-refractivity contribution in [3.63, 3.8) is 0 Å². The first-order chi connectivity index (χ1) is 20.2. The highest BCUT2D eigenvalue weighted by Crippen LogP contribution is 2.29. The van der Waals surface area contributed by atoms with Gasteiger partial charge in [0.2, 0.25) is 0 Å². The van der Waals surface area contributed by atoms with Gasteiger partial charge in [0, 0.05) is 23.7 Å². The minimum absolute atomic E-state index is 0.153. The molecule has 0 saturated carbocycles. The van der Waals surface area contributed by atoms with Gasteiger partial charge in [-0.25, -0.2) is 0 Å². The van der Waals surface area contributed by atoms with Crippen LogP contribution in [0.15, 0.2) is 109 Å². The van der Waals surface area contributed by atoms with Gasteiger partial charge in [-0.1, -0.05) is 66.7 Å². The predicted octanol–water partition coefficient (Wildman–Crippen LogP) is 7.51. The molecule has 1 aromatic heterocycles. The van der Waals surface area contributed by atoms with Crippen LogP contribution in [0.2, 0.25) is 0 Å². The van der Waals surface area contributed by atoms with E-state index in [2.05, 4.69) is 83.6 Å². The molecule has 5 rings (SSSR count). The molecule has 0 N–H and O–H groups in total. The highest BCUT2D eigenvalue weighted by Gasteiger charge is 2.12. The van der Waals surface area contributed by atoms with E-state index in [1.807, 2.05) is 37.3 Å². The summed E-state index contributed by atoms with van der Waals surface area (Å²) in [6.07, 6.45) is 5.19. The van der Waals surface area contributed by atoms with Crippen LogP contribution < -0.4 is 4.74 Å². The monoisotopic (exact) mass is 547 g/mol. The number of carbonyl (C=O) groups excluding carboxylic acids is 1. The number of nitrogens with zero attached hydrogens (tertiary/aromatic N) is 1. The second kappa shape index (κ2) is 14.3. The molecule has 0 fully saturated rings. The lowest BCUT2D eigenvalue weighted by atomic mass is 10.0. The Morgan fingerprint density at radius 3 is 2.20 bits per heavy atom. The molecule has 5 heteroatoms. The Morgan fingerprint density at radius 1 is 0.732 bits per heavy atom. The van der Waals surface area contributed by atoms with Gasteiger partial charge in [0.1, 0.15) is 12.4 Å². The van der Waals surface area contributed by atoms with Crippen molar-refractivity contribution in [1.29, 1.82) is 0 Å². The van der Waals surface area contributed by atoms with Crippen molar-refractivity contribution in [3.8, 4) is 11.4 Å². The van der Waals surface area contributed by atoms with Crippen molar-refractivity contribution in [2.24, 2.45) is 0 Å². The van der Waals surface area contributed by atoms with Gasteiger partial charge in [-0.3, -0.25) is 4.79 Å². The minimum atomic E-state index is -0.153. The highest BCUT2D eigenvalue weighted by atomic mass is 16.5. The van der Waals surface area contributed by atoms with Crippen LogP contribution in [0, 0.1) is 0 Å². The SMILES string of the molecule is CCOC(=O)CCc1ccc2c(c1)c(CCc1ccccc1)cn2-c1ccc(OCCOCc2ccccc2)cc1. The summed E-state index contributed by atoms with van der Waals surface area (Å²) < 4.78 is 19.0. The number of rotatable bonds is 14. The number of fused-ring (bicyclic) bond motifs is 1. The zero-order chi connectivity index (χ0) is 28.3. The summed E-state index contributed by atoms with van der Waals surface area (Å²) >= 11 is 0. The van der Waals surface area contributed by atoms with Crippen molar-refractivity contribution < 1.29 is 19.0 Å². The third-order valence-corrected chi connectivity index (χ3v) is 7.12. The molecule has 4 aromatic carbocycles. The quantitative estimate of drug-likeness (QED) is 0.107. The number of aryl methyl sites for hydroxylation is 3. The molecule has 1 heterocycles. The molecule has 41 heavy (non-hydrogen) atoms. The van der Waals surface area contributed by atoms with Crippen molar-refractivity contribution in [1.82, 2.24) is 4.57 Å². The van der Waals surface area contributed by atoms with E-state index in [9.17, 15) is 4.79 Å². The van der Waals surface area contributed by atoms with Crippen molar-refractivity contribution in [2.75, 3.05) is 19.8 Å². The van der Waals surface area contributed by atoms with Crippen molar-refractivity contribution in [2.45, 2.75) is 39.2 Å². The zero-order valence-electron chi connectivity index (χ0n) is 23.6. The summed E-state index contributed by atoms with van der Waals surface area (Å²) in [6, 6.07) is 35.5. The number of esters is 1. The Bertz CT molecular complexity index is 1530. The molecule has 210 valence electrons. The average molecular weight is 548 g/mol. The molecule has 0 radical (unpaired) electrons. The first kappa shape index (κ1) is 28.2. The van der Waals surface area contributed by atoms with E-state index in [1.165, 1.54) is 16.5 Å². The normalized spacial score (nSPS) is 11.0. The molecular formula is C36H37NO4. The summed E-state index contributed by atoms with van der Waals surface area (Å²) in [7, 11) is 0. The number of hydrogen-bond acceptors (Lipinski definition) is 4. The summed E-state index contributed by atoms with van der Waals surface area (Å²) in [5.74, 6) is 0.665. The molecule has 0 spiro atoms. The van der Waals surface area contributed by atoms with E-state index >= 15 is 0 Å². The summed E-state index contributed by atoms with van der Waals surface area (Å²) in [4.78, 5) is 11.9. The van der Waals surface area contributed by atoms with E-state index in [0.717, 1.165) is 40.9 Å². The maximum Gasteiger partial charge on any atom is 0.306 e. The second-order valence-electron chi connectivity index (χ2n) is 10.0. The van der Waals surface area contributed by atoms with Gasteiger partial charge in [0.05, 0.1) is 25.3 Å². The van der Waals surface area contributed by atoms with Crippen LogP contribution in [0.5, 0.6) is 5.75 Å². The molecular weight excluding hydrogens is 510 g/mol. The van der Waals surface area contributed by atoms with Gasteiger partial charge in [0.25, 0.3) is 0 Å². The Labute approximate surface area is 242 Å². The Hall–Kier alpha value is -4.35. The number of benzene rings is 4. The molecule has 0 atom stereocenters. The van der Waals surface area contributed by atoms with Crippen LogP contribution in [0.3, 0.4) is 0 Å². The third-order valence-electron chi connectivity index (χ3n) is 7.12. The molecule has 0 aliphatic carbocycles. The van der Waals surface area contributed by atoms with Crippen molar-refractivity contribution in [3.05, 3.63) is 132 Å². The van der Waals surface area contributed by atoms with E-state index in [-0.39, 0.29) is 5.97 Å². The number of ether oxygens (including phenoxy) is 3. The lowest BCUT2D eigenvalue weighted by molar-refractivity contribution is -0.143. The van der Waals surface area contributed by atoms with E-state index in [1.54, 1.807) is 0 Å². The maximum atomic E-state index is 11.9. The summed E-state index contributed by atoms with van der Waals surface area (Å²) in [5.41, 5.74) is 7.13. The molecule has 0 saturated heterocycles. The fourth-order valence-electron chi connectivity index (χ4n) is 5.00.